The Labute approximate surface area is 166 Å². The van der Waals surface area contributed by atoms with Gasteiger partial charge in [0.25, 0.3) is 0 Å². The lowest BCUT2D eigenvalue weighted by Crippen LogP contribution is -2.54. The Hall–Kier alpha value is -1.16. The van der Waals surface area contributed by atoms with Crippen LogP contribution in [-0.4, -0.2) is 45.5 Å². The molecule has 8 heteroatoms. The van der Waals surface area contributed by atoms with Gasteiger partial charge in [0.05, 0.1) is 5.60 Å². The lowest BCUT2D eigenvalue weighted by atomic mass is 9.74. The molecule has 25 heavy (non-hydrogen) atoms. The normalized spacial score (nSPS) is 22.0. The lowest BCUT2D eigenvalue weighted by Gasteiger charge is -2.47. The molecule has 0 bridgehead atoms. The van der Waals surface area contributed by atoms with E-state index in [1.54, 1.807) is 0 Å². The first-order chi connectivity index (χ1) is 11.6. The SMILES string of the molecule is C=CCNC(=NCc1nnc(C)n1C)NC1CCOC2(CCC2)C1.I. The first-order valence-corrected chi connectivity index (χ1v) is 8.76. The largest absolute Gasteiger partial charge is 0.375 e. The maximum absolute atomic E-state index is 6.00. The molecule has 1 atom stereocenters. The van der Waals surface area contributed by atoms with Gasteiger partial charge in [0.2, 0.25) is 0 Å². The molecule has 1 saturated heterocycles. The second-order valence-electron chi connectivity index (χ2n) is 6.78. The molecule has 1 aliphatic carbocycles. The molecule has 2 N–H and O–H groups in total. The summed E-state index contributed by atoms with van der Waals surface area (Å²) in [7, 11) is 1.96. The number of aliphatic imine (C=N–C) groups is 1. The fourth-order valence-electron chi connectivity index (χ4n) is 3.32. The third-order valence-electron chi connectivity index (χ3n) is 5.07. The molecule has 3 rings (SSSR count). The minimum atomic E-state index is 0. The number of nitrogens with one attached hydrogen (secondary N) is 2. The Kier molecular flexibility index (Phi) is 7.24. The summed E-state index contributed by atoms with van der Waals surface area (Å²) in [5.74, 6) is 2.55. The van der Waals surface area contributed by atoms with Crippen LogP contribution in [0.3, 0.4) is 0 Å². The second-order valence-corrected chi connectivity index (χ2v) is 6.78. The van der Waals surface area contributed by atoms with E-state index in [1.165, 1.54) is 19.3 Å². The molecule has 0 radical (unpaired) electrons. The minimum absolute atomic E-state index is 0. The molecule has 2 aliphatic rings. The van der Waals surface area contributed by atoms with Crippen molar-refractivity contribution in [2.45, 2.75) is 57.2 Å². The molecule has 1 saturated carbocycles. The van der Waals surface area contributed by atoms with Gasteiger partial charge in [0.1, 0.15) is 12.4 Å². The van der Waals surface area contributed by atoms with Gasteiger partial charge in [-0.1, -0.05) is 6.08 Å². The molecule has 140 valence electrons. The maximum atomic E-state index is 6.00. The van der Waals surface area contributed by atoms with Crippen LogP contribution >= 0.6 is 24.0 Å². The minimum Gasteiger partial charge on any atom is -0.375 e. The Morgan fingerprint density at radius 1 is 1.48 bits per heavy atom. The van der Waals surface area contributed by atoms with Crippen molar-refractivity contribution in [3.8, 4) is 0 Å². The van der Waals surface area contributed by atoms with Crippen molar-refractivity contribution < 1.29 is 4.74 Å². The number of aromatic nitrogens is 3. The number of hydrogen-bond acceptors (Lipinski definition) is 4. The maximum Gasteiger partial charge on any atom is 0.192 e. The van der Waals surface area contributed by atoms with Gasteiger partial charge in [0, 0.05) is 26.2 Å². The zero-order valence-corrected chi connectivity index (χ0v) is 17.5. The summed E-state index contributed by atoms with van der Waals surface area (Å²) in [5, 5.41) is 15.1. The van der Waals surface area contributed by atoms with Crippen molar-refractivity contribution in [3.63, 3.8) is 0 Å². The van der Waals surface area contributed by atoms with E-state index in [-0.39, 0.29) is 29.6 Å². The number of hydrogen-bond donors (Lipinski definition) is 2. The van der Waals surface area contributed by atoms with Crippen molar-refractivity contribution in [1.82, 2.24) is 25.4 Å². The van der Waals surface area contributed by atoms with E-state index in [0.717, 1.165) is 37.1 Å². The summed E-state index contributed by atoms with van der Waals surface area (Å²) < 4.78 is 7.97. The predicted molar refractivity (Wildman–Crippen MR) is 109 cm³/mol. The van der Waals surface area contributed by atoms with Gasteiger partial charge in [-0.15, -0.1) is 40.8 Å². The van der Waals surface area contributed by atoms with Crippen LogP contribution in [0.4, 0.5) is 0 Å². The van der Waals surface area contributed by atoms with E-state index in [2.05, 4.69) is 32.4 Å². The highest BCUT2D eigenvalue weighted by Gasteiger charge is 2.42. The third kappa shape index (κ3) is 4.93. The quantitative estimate of drug-likeness (QED) is 0.305. The summed E-state index contributed by atoms with van der Waals surface area (Å²) in [6, 6.07) is 0.399. The fraction of sp³-hybridized carbons (Fsp3) is 0.706. The third-order valence-corrected chi connectivity index (χ3v) is 5.07. The van der Waals surface area contributed by atoms with Crippen LogP contribution in [-0.2, 0) is 18.3 Å². The highest BCUT2D eigenvalue weighted by Crippen LogP contribution is 2.42. The second kappa shape index (κ2) is 8.98. The van der Waals surface area contributed by atoms with Crippen LogP contribution in [0.15, 0.2) is 17.6 Å². The van der Waals surface area contributed by atoms with Crippen LogP contribution in [0.25, 0.3) is 0 Å². The molecule has 1 aliphatic heterocycles. The zero-order valence-electron chi connectivity index (χ0n) is 15.1. The molecule has 1 spiro atoms. The number of nitrogens with zero attached hydrogens (tertiary/aromatic N) is 4. The smallest absolute Gasteiger partial charge is 0.192 e. The van der Waals surface area contributed by atoms with Gasteiger partial charge >= 0.3 is 0 Å². The molecule has 1 unspecified atom stereocenters. The number of halogens is 1. The summed E-state index contributed by atoms with van der Waals surface area (Å²) in [6.07, 6.45) is 7.57. The lowest BCUT2D eigenvalue weighted by molar-refractivity contribution is -0.134. The molecule has 1 aromatic heterocycles. The Balaban J connectivity index is 0.00000225. The number of aryl methyl sites for hydroxylation is 1. The first-order valence-electron chi connectivity index (χ1n) is 8.76. The number of rotatable bonds is 5. The van der Waals surface area contributed by atoms with Crippen LogP contribution in [0.1, 0.15) is 43.8 Å². The average molecular weight is 460 g/mol. The molecule has 1 aromatic rings. The van der Waals surface area contributed by atoms with Gasteiger partial charge < -0.3 is 19.9 Å². The molecule has 0 aromatic carbocycles. The van der Waals surface area contributed by atoms with Crippen LogP contribution in [0, 0.1) is 6.92 Å². The van der Waals surface area contributed by atoms with Crippen molar-refractivity contribution in [1.29, 1.82) is 0 Å². The topological polar surface area (TPSA) is 76.4 Å². The molecule has 2 fully saturated rings. The van der Waals surface area contributed by atoms with Gasteiger partial charge in [0.15, 0.2) is 11.8 Å². The van der Waals surface area contributed by atoms with Crippen molar-refractivity contribution in [3.05, 3.63) is 24.3 Å². The van der Waals surface area contributed by atoms with E-state index < -0.39 is 0 Å². The van der Waals surface area contributed by atoms with Gasteiger partial charge in [-0.05, 0) is 39.0 Å². The van der Waals surface area contributed by atoms with Crippen molar-refractivity contribution in [2.24, 2.45) is 12.0 Å². The van der Waals surface area contributed by atoms with Crippen molar-refractivity contribution in [2.75, 3.05) is 13.2 Å². The van der Waals surface area contributed by atoms with E-state index in [9.17, 15) is 0 Å². The zero-order chi connectivity index (χ0) is 17.0. The van der Waals surface area contributed by atoms with Crippen LogP contribution in [0.2, 0.25) is 0 Å². The molecular weight excluding hydrogens is 431 g/mol. The molecule has 2 heterocycles. The highest BCUT2D eigenvalue weighted by molar-refractivity contribution is 14.0. The van der Waals surface area contributed by atoms with E-state index >= 15 is 0 Å². The van der Waals surface area contributed by atoms with E-state index in [0.29, 0.717) is 19.1 Å². The van der Waals surface area contributed by atoms with Gasteiger partial charge in [-0.2, -0.15) is 0 Å². The first kappa shape index (κ1) is 20.2. The highest BCUT2D eigenvalue weighted by atomic mass is 127. The molecule has 7 nitrogen and oxygen atoms in total. The Morgan fingerprint density at radius 2 is 2.28 bits per heavy atom. The fourth-order valence-corrected chi connectivity index (χ4v) is 3.32. The monoisotopic (exact) mass is 460 g/mol. The average Bonchev–Trinajstić information content (AvgIpc) is 2.88. The predicted octanol–water partition coefficient (Wildman–Crippen LogP) is 2.06. The molecular formula is C17H29IN6O. The van der Waals surface area contributed by atoms with Gasteiger partial charge in [-0.25, -0.2) is 4.99 Å². The van der Waals surface area contributed by atoms with E-state index in [4.69, 9.17) is 4.74 Å². The summed E-state index contributed by atoms with van der Waals surface area (Å²) in [5.41, 5.74) is 0.125. The molecule has 0 amide bonds. The van der Waals surface area contributed by atoms with Crippen LogP contribution < -0.4 is 10.6 Å². The summed E-state index contributed by atoms with van der Waals surface area (Å²) >= 11 is 0. The summed E-state index contributed by atoms with van der Waals surface area (Å²) in [6.45, 7) is 7.71. The van der Waals surface area contributed by atoms with Gasteiger partial charge in [-0.3, -0.25) is 0 Å². The number of guanidine groups is 1. The standard InChI is InChI=1S/C17H28N6O.HI/c1-4-9-18-16(19-12-15-22-21-13(2)23(15)3)20-14-6-10-24-17(11-14)7-5-8-17;/h4,14H,1,5-12H2,2-3H3,(H2,18,19,20);1H. The summed E-state index contributed by atoms with van der Waals surface area (Å²) in [4.78, 5) is 4.67. The Bertz CT molecular complexity index is 610. The van der Waals surface area contributed by atoms with Crippen LogP contribution in [0.5, 0.6) is 0 Å². The number of ether oxygens (including phenoxy) is 1. The van der Waals surface area contributed by atoms with E-state index in [1.807, 2.05) is 24.6 Å². The van der Waals surface area contributed by atoms with Crippen molar-refractivity contribution >= 4 is 29.9 Å². The Morgan fingerprint density at radius 3 is 2.88 bits per heavy atom.